The normalized spacial score (nSPS) is 11.9. The van der Waals surface area contributed by atoms with Gasteiger partial charge in [0, 0.05) is 17.1 Å². The third kappa shape index (κ3) is 5.51. The van der Waals surface area contributed by atoms with Gasteiger partial charge in [-0.2, -0.15) is 13.2 Å². The minimum absolute atomic E-state index is 0.0439. The average Bonchev–Trinajstić information content (AvgIpc) is 2.26. The number of likely N-dealkylation sites (N-methyl/N-ethyl adjacent to an activating group) is 1. The lowest BCUT2D eigenvalue weighted by Crippen LogP contribution is -2.29. The van der Waals surface area contributed by atoms with E-state index in [1.807, 2.05) is 0 Å². The summed E-state index contributed by atoms with van der Waals surface area (Å²) in [7, 11) is 1.49. The Kier molecular flexibility index (Phi) is 5.16. The van der Waals surface area contributed by atoms with Gasteiger partial charge in [0.1, 0.15) is 0 Å². The number of carbonyl (C=O) groups excluding carboxylic acids is 1. The third-order valence-corrected chi connectivity index (χ3v) is 2.61. The molecular formula is C12H13ClF3NO. The van der Waals surface area contributed by atoms with Gasteiger partial charge in [-0.3, -0.25) is 9.69 Å². The maximum Gasteiger partial charge on any atom is 0.390 e. The molecule has 0 N–H and O–H groups in total. The van der Waals surface area contributed by atoms with Crippen LogP contribution in [0.5, 0.6) is 0 Å². The minimum Gasteiger partial charge on any atom is -0.299 e. The standard InChI is InChI=1S/C12H13ClF3NO/c1-17(7-6-12(14,15)16)8-11(18)9-2-4-10(13)5-3-9/h2-5H,6-8H2,1H3. The molecule has 0 aliphatic rings. The summed E-state index contributed by atoms with van der Waals surface area (Å²) in [6.07, 6.45) is -5.12. The summed E-state index contributed by atoms with van der Waals surface area (Å²) in [6, 6.07) is 6.26. The van der Waals surface area contributed by atoms with Crippen molar-refractivity contribution in [3.63, 3.8) is 0 Å². The first-order valence-corrected chi connectivity index (χ1v) is 5.70. The second kappa shape index (κ2) is 6.20. The van der Waals surface area contributed by atoms with E-state index in [0.29, 0.717) is 10.6 Å². The summed E-state index contributed by atoms with van der Waals surface area (Å²) in [5.74, 6) is -0.226. The van der Waals surface area contributed by atoms with E-state index < -0.39 is 12.6 Å². The number of hydrogen-bond donors (Lipinski definition) is 0. The Morgan fingerprint density at radius 2 is 1.83 bits per heavy atom. The van der Waals surface area contributed by atoms with Crippen molar-refractivity contribution in [2.24, 2.45) is 0 Å². The number of carbonyl (C=O) groups is 1. The predicted molar refractivity (Wildman–Crippen MR) is 64.0 cm³/mol. The second-order valence-corrected chi connectivity index (χ2v) is 4.47. The van der Waals surface area contributed by atoms with Gasteiger partial charge in [0.15, 0.2) is 5.78 Å². The highest BCUT2D eigenvalue weighted by Crippen LogP contribution is 2.19. The lowest BCUT2D eigenvalue weighted by Gasteiger charge is -2.16. The van der Waals surface area contributed by atoms with Crippen LogP contribution in [0.25, 0.3) is 0 Å². The van der Waals surface area contributed by atoms with Gasteiger partial charge < -0.3 is 0 Å². The molecule has 0 amide bonds. The molecule has 1 rings (SSSR count). The fourth-order valence-corrected chi connectivity index (χ4v) is 1.49. The number of halogens is 4. The molecule has 0 radical (unpaired) electrons. The molecule has 6 heteroatoms. The van der Waals surface area contributed by atoms with Crippen molar-refractivity contribution in [1.82, 2.24) is 4.90 Å². The van der Waals surface area contributed by atoms with Crippen molar-refractivity contribution in [3.8, 4) is 0 Å². The molecule has 0 saturated heterocycles. The van der Waals surface area contributed by atoms with Crippen molar-refractivity contribution < 1.29 is 18.0 Å². The Labute approximate surface area is 108 Å². The molecule has 0 fully saturated rings. The number of rotatable bonds is 5. The molecule has 0 heterocycles. The van der Waals surface area contributed by atoms with Crippen molar-refractivity contribution in [2.45, 2.75) is 12.6 Å². The summed E-state index contributed by atoms with van der Waals surface area (Å²) < 4.78 is 36.0. The average molecular weight is 280 g/mol. The van der Waals surface area contributed by atoms with Gasteiger partial charge in [-0.25, -0.2) is 0 Å². The Hall–Kier alpha value is -1.07. The van der Waals surface area contributed by atoms with Crippen LogP contribution < -0.4 is 0 Å². The highest BCUT2D eigenvalue weighted by molar-refractivity contribution is 6.30. The van der Waals surface area contributed by atoms with Crippen LogP contribution in [0.2, 0.25) is 5.02 Å². The number of hydrogen-bond acceptors (Lipinski definition) is 2. The smallest absolute Gasteiger partial charge is 0.299 e. The Morgan fingerprint density at radius 1 is 1.28 bits per heavy atom. The molecule has 0 bridgehead atoms. The summed E-state index contributed by atoms with van der Waals surface area (Å²) in [6.45, 7) is -0.236. The number of alkyl halides is 3. The zero-order valence-corrected chi connectivity index (χ0v) is 10.6. The molecule has 0 aromatic heterocycles. The Bertz CT molecular complexity index is 403. The zero-order valence-electron chi connectivity index (χ0n) is 9.80. The largest absolute Gasteiger partial charge is 0.390 e. The van der Waals surface area contributed by atoms with Gasteiger partial charge >= 0.3 is 6.18 Å². The first-order valence-electron chi connectivity index (χ1n) is 5.32. The fourth-order valence-electron chi connectivity index (χ4n) is 1.37. The van der Waals surface area contributed by atoms with E-state index in [1.54, 1.807) is 24.3 Å². The predicted octanol–water partition coefficient (Wildman–Crippen LogP) is 3.41. The highest BCUT2D eigenvalue weighted by atomic mass is 35.5. The quantitative estimate of drug-likeness (QED) is 0.770. The second-order valence-electron chi connectivity index (χ2n) is 4.03. The van der Waals surface area contributed by atoms with Crippen molar-refractivity contribution >= 4 is 17.4 Å². The molecule has 0 atom stereocenters. The van der Waals surface area contributed by atoms with Crippen molar-refractivity contribution in [3.05, 3.63) is 34.9 Å². The summed E-state index contributed by atoms with van der Waals surface area (Å²) in [5, 5.41) is 0.511. The van der Waals surface area contributed by atoms with Crippen molar-refractivity contribution in [2.75, 3.05) is 20.1 Å². The van der Waals surface area contributed by atoms with Crippen LogP contribution in [0, 0.1) is 0 Å². The van der Waals surface area contributed by atoms with Crippen LogP contribution in [0.1, 0.15) is 16.8 Å². The maximum absolute atomic E-state index is 12.0. The van der Waals surface area contributed by atoms with E-state index in [9.17, 15) is 18.0 Å². The first-order chi connectivity index (χ1) is 8.28. The molecule has 2 nitrogen and oxygen atoms in total. The summed E-state index contributed by atoms with van der Waals surface area (Å²) >= 11 is 5.68. The van der Waals surface area contributed by atoms with E-state index >= 15 is 0 Å². The number of Topliss-reactive ketones (excluding diaryl/α,β-unsaturated/α-hetero) is 1. The summed E-state index contributed by atoms with van der Waals surface area (Å²) in [5.41, 5.74) is 0.443. The van der Waals surface area contributed by atoms with E-state index in [2.05, 4.69) is 0 Å². The number of nitrogens with zero attached hydrogens (tertiary/aromatic N) is 1. The van der Waals surface area contributed by atoms with Crippen LogP contribution in [0.15, 0.2) is 24.3 Å². The maximum atomic E-state index is 12.0. The molecule has 0 unspecified atom stereocenters. The molecule has 1 aromatic rings. The van der Waals surface area contributed by atoms with Crippen LogP contribution in [-0.2, 0) is 0 Å². The van der Waals surface area contributed by atoms with Crippen LogP contribution in [-0.4, -0.2) is 37.0 Å². The molecule has 100 valence electrons. The Morgan fingerprint density at radius 3 is 2.33 bits per heavy atom. The summed E-state index contributed by atoms with van der Waals surface area (Å²) in [4.78, 5) is 13.1. The van der Waals surface area contributed by atoms with Gasteiger partial charge in [-0.15, -0.1) is 0 Å². The highest BCUT2D eigenvalue weighted by Gasteiger charge is 2.27. The van der Waals surface area contributed by atoms with Crippen molar-refractivity contribution in [1.29, 1.82) is 0 Å². The van der Waals surface area contributed by atoms with E-state index in [1.165, 1.54) is 11.9 Å². The SMILES string of the molecule is CN(CCC(F)(F)F)CC(=O)c1ccc(Cl)cc1. The zero-order chi connectivity index (χ0) is 13.8. The Balaban J connectivity index is 2.47. The van der Waals surface area contributed by atoms with Gasteiger partial charge in [0.2, 0.25) is 0 Å². The number of benzene rings is 1. The van der Waals surface area contributed by atoms with Gasteiger partial charge in [0.05, 0.1) is 13.0 Å². The van der Waals surface area contributed by atoms with E-state index in [4.69, 9.17) is 11.6 Å². The fraction of sp³-hybridized carbons (Fsp3) is 0.417. The minimum atomic E-state index is -4.20. The molecule has 1 aromatic carbocycles. The van der Waals surface area contributed by atoms with Gasteiger partial charge in [0.25, 0.3) is 0 Å². The van der Waals surface area contributed by atoms with Crippen LogP contribution >= 0.6 is 11.6 Å². The number of ketones is 1. The van der Waals surface area contributed by atoms with E-state index in [-0.39, 0.29) is 18.9 Å². The lowest BCUT2D eigenvalue weighted by molar-refractivity contribution is -0.137. The van der Waals surface area contributed by atoms with Gasteiger partial charge in [-0.1, -0.05) is 11.6 Å². The van der Waals surface area contributed by atoms with Crippen LogP contribution in [0.3, 0.4) is 0 Å². The van der Waals surface area contributed by atoms with Crippen LogP contribution in [0.4, 0.5) is 13.2 Å². The molecule has 18 heavy (non-hydrogen) atoms. The lowest BCUT2D eigenvalue weighted by atomic mass is 10.1. The first kappa shape index (κ1) is 15.0. The van der Waals surface area contributed by atoms with E-state index in [0.717, 1.165) is 0 Å². The topological polar surface area (TPSA) is 20.3 Å². The molecule has 0 spiro atoms. The molecule has 0 saturated carbocycles. The molecule has 0 aliphatic heterocycles. The molecule has 0 aliphatic carbocycles. The molecular weight excluding hydrogens is 267 g/mol. The third-order valence-electron chi connectivity index (χ3n) is 2.36. The monoisotopic (exact) mass is 279 g/mol. The van der Waals surface area contributed by atoms with Gasteiger partial charge in [-0.05, 0) is 31.3 Å².